The van der Waals surface area contributed by atoms with E-state index >= 15 is 0 Å². The van der Waals surface area contributed by atoms with Gasteiger partial charge in [-0.2, -0.15) is 5.21 Å². The van der Waals surface area contributed by atoms with Crippen molar-refractivity contribution in [2.75, 3.05) is 0 Å². The van der Waals surface area contributed by atoms with Gasteiger partial charge in [-0.05, 0) is 65.9 Å². The third-order valence-corrected chi connectivity index (χ3v) is 4.27. The molecule has 1 atom stereocenters. The number of fused-ring (bicyclic) bond motifs is 1. The van der Waals surface area contributed by atoms with Gasteiger partial charge in [0.15, 0.2) is 0 Å². The van der Waals surface area contributed by atoms with E-state index in [1.165, 1.54) is 6.07 Å². The number of nitrogens with zero attached hydrogens (tertiary/aromatic N) is 3. The topological polar surface area (TPSA) is 63.7 Å². The van der Waals surface area contributed by atoms with Crippen molar-refractivity contribution in [3.05, 3.63) is 53.3 Å². The molecule has 0 radical (unpaired) electrons. The fourth-order valence-corrected chi connectivity index (χ4v) is 3.09. The number of halogens is 1. The number of hydrogen-bond donors (Lipinski definition) is 1. The highest BCUT2D eigenvalue weighted by Crippen LogP contribution is 2.41. The lowest BCUT2D eigenvalue weighted by atomic mass is 10.0. The summed E-state index contributed by atoms with van der Waals surface area (Å²) in [4.78, 5) is 0. The standard InChI is InChI=1S/C17H15FN4O/c1-10-2-7-13-15(9-8-14(18)16(10)13)23-12-5-3-11(4-6-12)17-19-21-22-20-17/h3-6,8-10H,2,7H2,1H3,(H,19,20,21,22). The second-order valence-corrected chi connectivity index (χ2v) is 5.74. The van der Waals surface area contributed by atoms with Crippen LogP contribution < -0.4 is 4.74 Å². The molecular weight excluding hydrogens is 295 g/mol. The van der Waals surface area contributed by atoms with E-state index in [0.717, 1.165) is 35.3 Å². The van der Waals surface area contributed by atoms with Gasteiger partial charge >= 0.3 is 0 Å². The van der Waals surface area contributed by atoms with Gasteiger partial charge in [0.2, 0.25) is 5.82 Å². The summed E-state index contributed by atoms with van der Waals surface area (Å²) < 4.78 is 20.0. The van der Waals surface area contributed by atoms with Crippen LogP contribution in [-0.4, -0.2) is 20.6 Å². The van der Waals surface area contributed by atoms with Gasteiger partial charge in [-0.25, -0.2) is 4.39 Å². The lowest BCUT2D eigenvalue weighted by Gasteiger charge is -2.12. The number of tetrazole rings is 1. The highest BCUT2D eigenvalue weighted by Gasteiger charge is 2.25. The average Bonchev–Trinajstić information content (AvgIpc) is 3.21. The quantitative estimate of drug-likeness (QED) is 0.798. The van der Waals surface area contributed by atoms with Crippen molar-refractivity contribution in [3.63, 3.8) is 0 Å². The van der Waals surface area contributed by atoms with Crippen molar-refractivity contribution in [1.29, 1.82) is 0 Å². The molecule has 0 saturated carbocycles. The number of ether oxygens (including phenoxy) is 1. The molecule has 0 saturated heterocycles. The monoisotopic (exact) mass is 310 g/mol. The molecule has 0 aliphatic heterocycles. The molecule has 6 heteroatoms. The van der Waals surface area contributed by atoms with Crippen LogP contribution in [0.4, 0.5) is 4.39 Å². The summed E-state index contributed by atoms with van der Waals surface area (Å²) in [5.74, 6) is 2.08. The van der Waals surface area contributed by atoms with E-state index in [9.17, 15) is 4.39 Å². The van der Waals surface area contributed by atoms with Crippen LogP contribution in [0.25, 0.3) is 11.4 Å². The van der Waals surface area contributed by atoms with Crippen molar-refractivity contribution in [2.24, 2.45) is 0 Å². The first-order valence-corrected chi connectivity index (χ1v) is 7.55. The number of rotatable bonds is 3. The molecule has 4 rings (SSSR count). The second kappa shape index (κ2) is 5.46. The summed E-state index contributed by atoms with van der Waals surface area (Å²) >= 11 is 0. The lowest BCUT2D eigenvalue weighted by molar-refractivity contribution is 0.474. The molecule has 0 bridgehead atoms. The first kappa shape index (κ1) is 13.9. The van der Waals surface area contributed by atoms with Crippen LogP contribution in [0, 0.1) is 5.82 Å². The third-order valence-electron chi connectivity index (χ3n) is 4.27. The van der Waals surface area contributed by atoms with Gasteiger partial charge in [-0.15, -0.1) is 10.2 Å². The molecule has 0 amide bonds. The predicted molar refractivity (Wildman–Crippen MR) is 82.8 cm³/mol. The van der Waals surface area contributed by atoms with Gasteiger partial charge in [-0.1, -0.05) is 6.92 Å². The van der Waals surface area contributed by atoms with E-state index in [1.807, 2.05) is 24.3 Å². The Hall–Kier alpha value is -2.76. The number of aromatic nitrogens is 4. The number of nitrogens with one attached hydrogen (secondary N) is 1. The number of H-pyrrole nitrogens is 1. The van der Waals surface area contributed by atoms with E-state index in [1.54, 1.807) is 6.07 Å². The van der Waals surface area contributed by atoms with E-state index in [4.69, 9.17) is 4.74 Å². The summed E-state index contributed by atoms with van der Waals surface area (Å²) in [5, 5.41) is 13.8. The summed E-state index contributed by atoms with van der Waals surface area (Å²) in [5.41, 5.74) is 2.63. The molecule has 116 valence electrons. The summed E-state index contributed by atoms with van der Waals surface area (Å²) in [7, 11) is 0. The van der Waals surface area contributed by atoms with Crippen LogP contribution in [0.1, 0.15) is 30.4 Å². The van der Waals surface area contributed by atoms with Crippen molar-refractivity contribution in [3.8, 4) is 22.9 Å². The van der Waals surface area contributed by atoms with Gasteiger partial charge in [0, 0.05) is 11.1 Å². The minimum absolute atomic E-state index is 0.134. The Morgan fingerprint density at radius 2 is 2.00 bits per heavy atom. The van der Waals surface area contributed by atoms with Crippen LogP contribution in [0.5, 0.6) is 11.5 Å². The summed E-state index contributed by atoms with van der Waals surface area (Å²) in [6.07, 6.45) is 1.81. The number of benzene rings is 2. The molecule has 1 unspecified atom stereocenters. The van der Waals surface area contributed by atoms with Gasteiger partial charge in [0.25, 0.3) is 0 Å². The maximum atomic E-state index is 14.0. The molecule has 2 aromatic carbocycles. The van der Waals surface area contributed by atoms with Crippen molar-refractivity contribution >= 4 is 0 Å². The summed E-state index contributed by atoms with van der Waals surface area (Å²) in [6.45, 7) is 2.05. The molecule has 1 aliphatic carbocycles. The van der Waals surface area contributed by atoms with E-state index in [-0.39, 0.29) is 11.7 Å². The fraction of sp³-hybridized carbons (Fsp3) is 0.235. The Balaban J connectivity index is 1.62. The van der Waals surface area contributed by atoms with E-state index in [2.05, 4.69) is 27.5 Å². The largest absolute Gasteiger partial charge is 0.457 e. The predicted octanol–water partition coefficient (Wildman–Crippen LogP) is 3.85. The van der Waals surface area contributed by atoms with Crippen LogP contribution in [0.2, 0.25) is 0 Å². The normalized spacial score (nSPS) is 16.3. The Morgan fingerprint density at radius 3 is 2.74 bits per heavy atom. The Labute approximate surface area is 132 Å². The van der Waals surface area contributed by atoms with Crippen molar-refractivity contribution < 1.29 is 9.13 Å². The minimum Gasteiger partial charge on any atom is -0.457 e. The lowest BCUT2D eigenvalue weighted by Crippen LogP contribution is -1.96. The summed E-state index contributed by atoms with van der Waals surface area (Å²) in [6, 6.07) is 10.6. The molecule has 1 N–H and O–H groups in total. The zero-order valence-corrected chi connectivity index (χ0v) is 12.6. The van der Waals surface area contributed by atoms with Crippen LogP contribution in [0.15, 0.2) is 36.4 Å². The molecule has 3 aromatic rings. The Morgan fingerprint density at radius 1 is 1.17 bits per heavy atom. The van der Waals surface area contributed by atoms with Crippen LogP contribution in [-0.2, 0) is 6.42 Å². The highest BCUT2D eigenvalue weighted by molar-refractivity contribution is 5.56. The van der Waals surface area contributed by atoms with Gasteiger partial charge < -0.3 is 4.74 Å². The number of aromatic amines is 1. The molecule has 0 spiro atoms. The third kappa shape index (κ3) is 2.46. The first-order valence-electron chi connectivity index (χ1n) is 7.55. The minimum atomic E-state index is -0.134. The van der Waals surface area contributed by atoms with Gasteiger partial charge in [0.05, 0.1) is 0 Å². The molecule has 1 aromatic heterocycles. The molecular formula is C17H15FN4O. The molecule has 1 heterocycles. The Kier molecular flexibility index (Phi) is 3.29. The highest BCUT2D eigenvalue weighted by atomic mass is 19.1. The number of hydrogen-bond acceptors (Lipinski definition) is 4. The fourth-order valence-electron chi connectivity index (χ4n) is 3.09. The zero-order chi connectivity index (χ0) is 15.8. The molecule has 1 aliphatic rings. The molecule has 23 heavy (non-hydrogen) atoms. The first-order chi connectivity index (χ1) is 11.2. The van der Waals surface area contributed by atoms with Gasteiger partial charge in [0.1, 0.15) is 17.3 Å². The molecule has 5 nitrogen and oxygen atoms in total. The van der Waals surface area contributed by atoms with Gasteiger partial charge in [-0.3, -0.25) is 0 Å². The van der Waals surface area contributed by atoms with E-state index < -0.39 is 0 Å². The average molecular weight is 310 g/mol. The molecule has 0 fully saturated rings. The van der Waals surface area contributed by atoms with E-state index in [0.29, 0.717) is 11.6 Å². The maximum absolute atomic E-state index is 14.0. The van der Waals surface area contributed by atoms with Crippen LogP contribution in [0.3, 0.4) is 0 Å². The zero-order valence-electron chi connectivity index (χ0n) is 12.6. The van der Waals surface area contributed by atoms with Crippen molar-refractivity contribution in [1.82, 2.24) is 20.6 Å². The Bertz CT molecular complexity index is 831. The smallest absolute Gasteiger partial charge is 0.204 e. The maximum Gasteiger partial charge on any atom is 0.204 e. The second-order valence-electron chi connectivity index (χ2n) is 5.74. The SMILES string of the molecule is CC1CCc2c(Oc3ccc(-c4nn[nH]n4)cc3)ccc(F)c21. The van der Waals surface area contributed by atoms with Crippen molar-refractivity contribution in [2.45, 2.75) is 25.7 Å². The van der Waals surface area contributed by atoms with Crippen LogP contribution >= 0.6 is 0 Å².